The number of carboxylic acids is 1. The van der Waals surface area contributed by atoms with Crippen molar-refractivity contribution in [1.82, 2.24) is 4.90 Å². The van der Waals surface area contributed by atoms with E-state index in [1.807, 2.05) is 54.8 Å². The standard InChI is InChI=1S/C26H28N4O4S/c1-18-4-2-5-19(14-18)27-25(32)17-29-9-11-30(12-10-29)20-7-8-23(22(15-20)26(33)34)28-24(31)16-21-6-3-13-35-21/h2-8,13-15H,9-12,16-17H2,1H3,(H,27,32)(H,28,31)(H,33,34). The SMILES string of the molecule is Cc1cccc(NC(=O)CN2CCN(c3ccc(NC(=O)Cc4cccs4)c(C(=O)O)c3)CC2)c1. The molecule has 8 nitrogen and oxygen atoms in total. The highest BCUT2D eigenvalue weighted by molar-refractivity contribution is 7.10. The molecule has 0 spiro atoms. The van der Waals surface area contributed by atoms with Crippen LogP contribution in [0.2, 0.25) is 0 Å². The summed E-state index contributed by atoms with van der Waals surface area (Å²) >= 11 is 1.49. The minimum Gasteiger partial charge on any atom is -0.478 e. The first kappa shape index (κ1) is 24.4. The zero-order valence-corrected chi connectivity index (χ0v) is 20.3. The number of aromatic carboxylic acids is 1. The zero-order chi connectivity index (χ0) is 24.8. The van der Waals surface area contributed by atoms with Crippen LogP contribution in [0.25, 0.3) is 0 Å². The molecule has 2 heterocycles. The first-order chi connectivity index (χ1) is 16.9. The Morgan fingerprint density at radius 2 is 1.74 bits per heavy atom. The normalized spacial score (nSPS) is 13.9. The van der Waals surface area contributed by atoms with Gasteiger partial charge in [-0.2, -0.15) is 0 Å². The van der Waals surface area contributed by atoms with E-state index in [2.05, 4.69) is 20.4 Å². The van der Waals surface area contributed by atoms with Gasteiger partial charge in [-0.15, -0.1) is 11.3 Å². The van der Waals surface area contributed by atoms with Crippen molar-refractivity contribution in [2.75, 3.05) is 48.3 Å². The number of hydrogen-bond donors (Lipinski definition) is 3. The Hall–Kier alpha value is -3.69. The fourth-order valence-electron chi connectivity index (χ4n) is 4.07. The molecule has 1 aromatic heterocycles. The molecule has 2 amide bonds. The number of rotatable bonds is 8. The molecule has 0 bridgehead atoms. The average Bonchev–Trinajstić information content (AvgIpc) is 3.32. The minimum atomic E-state index is -1.09. The number of hydrogen-bond acceptors (Lipinski definition) is 6. The van der Waals surface area contributed by atoms with Gasteiger partial charge in [-0.05, 0) is 54.3 Å². The molecule has 0 atom stereocenters. The molecule has 0 unspecified atom stereocenters. The lowest BCUT2D eigenvalue weighted by Crippen LogP contribution is -2.48. The smallest absolute Gasteiger partial charge is 0.337 e. The third-order valence-electron chi connectivity index (χ3n) is 5.83. The minimum absolute atomic E-state index is 0.0557. The predicted molar refractivity (Wildman–Crippen MR) is 139 cm³/mol. The van der Waals surface area contributed by atoms with E-state index in [0.717, 1.165) is 21.8 Å². The summed E-state index contributed by atoms with van der Waals surface area (Å²) in [4.78, 5) is 41.7. The van der Waals surface area contributed by atoms with Gasteiger partial charge in [-0.1, -0.05) is 18.2 Å². The molecule has 0 radical (unpaired) electrons. The molecule has 0 saturated carbocycles. The third-order valence-corrected chi connectivity index (χ3v) is 6.71. The average molecular weight is 493 g/mol. The summed E-state index contributed by atoms with van der Waals surface area (Å²) < 4.78 is 0. The van der Waals surface area contributed by atoms with Crippen LogP contribution in [0.15, 0.2) is 60.0 Å². The summed E-state index contributed by atoms with van der Waals surface area (Å²) in [6, 6.07) is 16.5. The van der Waals surface area contributed by atoms with Gasteiger partial charge >= 0.3 is 5.97 Å². The number of anilines is 3. The van der Waals surface area contributed by atoms with Crippen LogP contribution in [0.3, 0.4) is 0 Å². The fraction of sp³-hybridized carbons (Fsp3) is 0.269. The summed E-state index contributed by atoms with van der Waals surface area (Å²) in [5.74, 6) is -1.40. The molecule has 35 heavy (non-hydrogen) atoms. The van der Waals surface area contributed by atoms with Crippen LogP contribution in [0.1, 0.15) is 20.8 Å². The lowest BCUT2D eigenvalue weighted by atomic mass is 10.1. The molecule has 1 fully saturated rings. The molecule has 2 aromatic carbocycles. The van der Waals surface area contributed by atoms with Crippen LogP contribution in [-0.2, 0) is 16.0 Å². The third kappa shape index (κ3) is 6.68. The second-order valence-electron chi connectivity index (χ2n) is 8.52. The number of carboxylic acid groups (broad SMARTS) is 1. The lowest BCUT2D eigenvalue weighted by Gasteiger charge is -2.36. The second-order valence-corrected chi connectivity index (χ2v) is 9.55. The topological polar surface area (TPSA) is 102 Å². The molecule has 3 aromatic rings. The van der Waals surface area contributed by atoms with Gasteiger partial charge in [0.2, 0.25) is 11.8 Å². The summed E-state index contributed by atoms with van der Waals surface area (Å²) in [5.41, 5.74) is 3.00. The van der Waals surface area contributed by atoms with Gasteiger partial charge in [0.25, 0.3) is 0 Å². The Morgan fingerprint density at radius 3 is 2.43 bits per heavy atom. The Balaban J connectivity index is 1.33. The van der Waals surface area contributed by atoms with Crippen LogP contribution in [-0.4, -0.2) is 60.5 Å². The van der Waals surface area contributed by atoms with Crippen molar-refractivity contribution in [3.63, 3.8) is 0 Å². The fourth-order valence-corrected chi connectivity index (χ4v) is 4.77. The lowest BCUT2D eigenvalue weighted by molar-refractivity contribution is -0.117. The van der Waals surface area contributed by atoms with Crippen molar-refractivity contribution in [1.29, 1.82) is 0 Å². The van der Waals surface area contributed by atoms with Crippen LogP contribution < -0.4 is 15.5 Å². The Kier molecular flexibility index (Phi) is 7.79. The van der Waals surface area contributed by atoms with E-state index in [-0.39, 0.29) is 29.5 Å². The number of carbonyl (C=O) groups excluding carboxylic acids is 2. The van der Waals surface area contributed by atoms with Crippen molar-refractivity contribution >= 4 is 46.2 Å². The van der Waals surface area contributed by atoms with Gasteiger partial charge in [0.1, 0.15) is 0 Å². The first-order valence-electron chi connectivity index (χ1n) is 11.4. The molecule has 0 aliphatic carbocycles. The van der Waals surface area contributed by atoms with Crippen molar-refractivity contribution in [3.05, 3.63) is 76.0 Å². The molecule has 3 N–H and O–H groups in total. The van der Waals surface area contributed by atoms with E-state index in [1.165, 1.54) is 11.3 Å². The quantitative estimate of drug-likeness (QED) is 0.443. The number of nitrogens with zero attached hydrogens (tertiary/aromatic N) is 2. The maximum atomic E-state index is 12.4. The van der Waals surface area contributed by atoms with Gasteiger partial charge in [-0.3, -0.25) is 14.5 Å². The van der Waals surface area contributed by atoms with E-state index < -0.39 is 5.97 Å². The van der Waals surface area contributed by atoms with Crippen LogP contribution in [0.5, 0.6) is 0 Å². The van der Waals surface area contributed by atoms with Crippen molar-refractivity contribution < 1.29 is 19.5 Å². The number of amides is 2. The number of nitrogens with one attached hydrogen (secondary N) is 2. The van der Waals surface area contributed by atoms with Gasteiger partial charge in [0.05, 0.1) is 24.2 Å². The van der Waals surface area contributed by atoms with Gasteiger partial charge in [0, 0.05) is 42.4 Å². The predicted octanol–water partition coefficient (Wildman–Crippen LogP) is 3.70. The molecular formula is C26H28N4O4S. The summed E-state index contributed by atoms with van der Waals surface area (Å²) in [6.07, 6.45) is 0.206. The molecule has 1 saturated heterocycles. The summed E-state index contributed by atoms with van der Waals surface area (Å²) in [5, 5.41) is 17.3. The van der Waals surface area contributed by atoms with Gasteiger partial charge < -0.3 is 20.6 Å². The highest BCUT2D eigenvalue weighted by Gasteiger charge is 2.21. The maximum Gasteiger partial charge on any atom is 0.337 e. The number of benzene rings is 2. The Labute approximate surface area is 208 Å². The maximum absolute atomic E-state index is 12.4. The molecular weight excluding hydrogens is 464 g/mol. The highest BCUT2D eigenvalue weighted by Crippen LogP contribution is 2.25. The number of aryl methyl sites for hydroxylation is 1. The number of carbonyl (C=O) groups is 3. The summed E-state index contributed by atoms with van der Waals surface area (Å²) in [7, 11) is 0. The van der Waals surface area contributed by atoms with Crippen molar-refractivity contribution in [2.24, 2.45) is 0 Å². The van der Waals surface area contributed by atoms with Crippen LogP contribution in [0, 0.1) is 6.92 Å². The Bertz CT molecular complexity index is 1200. The van der Waals surface area contributed by atoms with Crippen molar-refractivity contribution in [3.8, 4) is 0 Å². The second kappa shape index (κ2) is 11.2. The number of piperazine rings is 1. The van der Waals surface area contributed by atoms with E-state index >= 15 is 0 Å². The van der Waals surface area contributed by atoms with E-state index in [0.29, 0.717) is 32.7 Å². The zero-order valence-electron chi connectivity index (χ0n) is 19.5. The van der Waals surface area contributed by atoms with Crippen LogP contribution >= 0.6 is 11.3 Å². The largest absolute Gasteiger partial charge is 0.478 e. The van der Waals surface area contributed by atoms with Crippen LogP contribution in [0.4, 0.5) is 17.1 Å². The van der Waals surface area contributed by atoms with Crippen molar-refractivity contribution in [2.45, 2.75) is 13.3 Å². The summed E-state index contributed by atoms with van der Waals surface area (Å²) in [6.45, 7) is 4.99. The van der Waals surface area contributed by atoms with Gasteiger partial charge in [-0.25, -0.2) is 4.79 Å². The Morgan fingerprint density at radius 1 is 0.943 bits per heavy atom. The van der Waals surface area contributed by atoms with E-state index in [4.69, 9.17) is 0 Å². The molecule has 182 valence electrons. The number of thiophene rings is 1. The molecule has 1 aliphatic rings. The molecule has 4 rings (SSSR count). The first-order valence-corrected chi connectivity index (χ1v) is 12.3. The van der Waals surface area contributed by atoms with E-state index in [1.54, 1.807) is 12.1 Å². The molecule has 1 aliphatic heterocycles. The highest BCUT2D eigenvalue weighted by atomic mass is 32.1. The monoisotopic (exact) mass is 492 g/mol. The van der Waals surface area contributed by atoms with E-state index in [9.17, 15) is 19.5 Å². The van der Waals surface area contributed by atoms with Gasteiger partial charge in [0.15, 0.2) is 0 Å². The molecule has 9 heteroatoms.